The van der Waals surface area contributed by atoms with Crippen molar-refractivity contribution in [3.63, 3.8) is 0 Å². The average molecular weight is 417 g/mol. The van der Waals surface area contributed by atoms with Crippen molar-refractivity contribution in [1.29, 1.82) is 0 Å². The predicted octanol–water partition coefficient (Wildman–Crippen LogP) is 0.427. The van der Waals surface area contributed by atoms with E-state index in [0.717, 1.165) is 0 Å². The van der Waals surface area contributed by atoms with Crippen LogP contribution in [0.25, 0.3) is 0 Å². The second-order valence-electron chi connectivity index (χ2n) is 7.27. The van der Waals surface area contributed by atoms with Crippen LogP contribution in [0.4, 0.5) is 4.79 Å². The van der Waals surface area contributed by atoms with Crippen LogP contribution in [0.5, 0.6) is 0 Å². The van der Waals surface area contributed by atoms with Gasteiger partial charge in [0, 0.05) is 25.3 Å². The summed E-state index contributed by atoms with van der Waals surface area (Å²) in [7, 11) is 1.42. The molecular formula is C19H36N4O6. The number of Topliss-reactive ketones (excluding diaryl/α,β-unsaturated/α-hetero) is 2. The zero-order valence-corrected chi connectivity index (χ0v) is 17.7. The molecule has 10 heteroatoms. The highest BCUT2D eigenvalue weighted by atomic mass is 17.2. The summed E-state index contributed by atoms with van der Waals surface area (Å²) >= 11 is 0. The van der Waals surface area contributed by atoms with Gasteiger partial charge in [-0.2, -0.15) is 0 Å². The van der Waals surface area contributed by atoms with Crippen molar-refractivity contribution in [2.24, 2.45) is 23.3 Å². The van der Waals surface area contributed by atoms with Crippen LogP contribution in [0.1, 0.15) is 52.4 Å². The summed E-state index contributed by atoms with van der Waals surface area (Å²) < 4.78 is 0. The predicted molar refractivity (Wildman–Crippen MR) is 108 cm³/mol. The normalized spacial score (nSPS) is 13.0. The van der Waals surface area contributed by atoms with Crippen LogP contribution in [0.15, 0.2) is 0 Å². The van der Waals surface area contributed by atoms with E-state index in [9.17, 15) is 19.2 Å². The molecule has 2 atom stereocenters. The number of nitrogens with two attached hydrogens (primary N) is 2. The fourth-order valence-electron chi connectivity index (χ4n) is 2.62. The zero-order chi connectivity index (χ0) is 22.2. The van der Waals surface area contributed by atoms with E-state index in [1.165, 1.54) is 7.11 Å². The maximum Gasteiger partial charge on any atom is 0.312 e. The average Bonchev–Trinajstić information content (AvgIpc) is 2.67. The number of carbonyl (C=O) groups excluding carboxylic acids is 4. The van der Waals surface area contributed by atoms with Crippen LogP contribution in [-0.4, -0.2) is 56.4 Å². The maximum absolute atomic E-state index is 12.5. The Labute approximate surface area is 172 Å². The Kier molecular flexibility index (Phi) is 14.7. The third-order valence-corrected chi connectivity index (χ3v) is 4.45. The van der Waals surface area contributed by atoms with E-state index in [1.54, 1.807) is 0 Å². The molecule has 0 spiro atoms. The maximum atomic E-state index is 12.5. The van der Waals surface area contributed by atoms with Crippen molar-refractivity contribution >= 4 is 23.5 Å². The van der Waals surface area contributed by atoms with E-state index in [-0.39, 0.29) is 36.4 Å². The van der Waals surface area contributed by atoms with Crippen molar-refractivity contribution in [3.8, 4) is 0 Å². The molecule has 0 saturated heterocycles. The van der Waals surface area contributed by atoms with Crippen molar-refractivity contribution in [3.05, 3.63) is 0 Å². The summed E-state index contributed by atoms with van der Waals surface area (Å²) in [6.45, 7) is 4.28. The largest absolute Gasteiger partial charge is 0.352 e. The third-order valence-electron chi connectivity index (χ3n) is 4.45. The first-order chi connectivity index (χ1) is 13.7. The molecular weight excluding hydrogens is 380 g/mol. The number of rotatable bonds is 17. The van der Waals surface area contributed by atoms with Crippen LogP contribution in [0.3, 0.4) is 0 Å². The van der Waals surface area contributed by atoms with E-state index >= 15 is 0 Å². The summed E-state index contributed by atoms with van der Waals surface area (Å²) in [5.41, 5.74) is 10.9. The summed E-state index contributed by atoms with van der Waals surface area (Å²) in [5, 5.41) is 5.05. The Bertz CT molecular complexity index is 527. The minimum atomic E-state index is -0.648. The van der Waals surface area contributed by atoms with Gasteiger partial charge in [-0.05, 0) is 31.6 Å². The highest BCUT2D eigenvalue weighted by molar-refractivity contribution is 5.91. The van der Waals surface area contributed by atoms with Gasteiger partial charge < -0.3 is 22.1 Å². The van der Waals surface area contributed by atoms with E-state index in [0.29, 0.717) is 45.3 Å². The number of urea groups is 1. The molecule has 6 N–H and O–H groups in total. The molecule has 0 rings (SSSR count). The van der Waals surface area contributed by atoms with Crippen LogP contribution in [0.2, 0.25) is 0 Å². The Hall–Kier alpha value is -2.04. The van der Waals surface area contributed by atoms with Crippen molar-refractivity contribution in [1.82, 2.24) is 10.6 Å². The topological polar surface area (TPSA) is 163 Å². The van der Waals surface area contributed by atoms with Crippen LogP contribution in [0, 0.1) is 11.8 Å². The number of carbonyl (C=O) groups is 4. The van der Waals surface area contributed by atoms with Gasteiger partial charge in [-0.3, -0.25) is 14.4 Å². The highest BCUT2D eigenvalue weighted by Gasteiger charge is 2.26. The van der Waals surface area contributed by atoms with Crippen LogP contribution < -0.4 is 22.1 Å². The van der Waals surface area contributed by atoms with Gasteiger partial charge in [-0.25, -0.2) is 14.6 Å². The summed E-state index contributed by atoms with van der Waals surface area (Å²) in [4.78, 5) is 56.7. The summed E-state index contributed by atoms with van der Waals surface area (Å²) in [5.74, 6) is -1.33. The highest BCUT2D eigenvalue weighted by Crippen LogP contribution is 2.15. The van der Waals surface area contributed by atoms with Gasteiger partial charge in [0.05, 0.1) is 26.3 Å². The number of unbranched alkanes of at least 4 members (excludes halogenated alkanes) is 1. The zero-order valence-electron chi connectivity index (χ0n) is 17.7. The number of amides is 3. The quantitative estimate of drug-likeness (QED) is 0.152. The molecule has 168 valence electrons. The molecule has 0 aliphatic heterocycles. The molecule has 3 amide bonds. The van der Waals surface area contributed by atoms with E-state index in [2.05, 4.69) is 15.5 Å². The molecule has 0 radical (unpaired) electrons. The lowest BCUT2D eigenvalue weighted by Gasteiger charge is -2.20. The number of hydrogen-bond acceptors (Lipinski definition) is 7. The van der Waals surface area contributed by atoms with Crippen molar-refractivity contribution in [2.45, 2.75) is 58.4 Å². The second-order valence-corrected chi connectivity index (χ2v) is 7.27. The molecule has 0 fully saturated rings. The van der Waals surface area contributed by atoms with Gasteiger partial charge in [0.2, 0.25) is 5.91 Å². The van der Waals surface area contributed by atoms with Crippen molar-refractivity contribution in [2.75, 3.05) is 26.8 Å². The van der Waals surface area contributed by atoms with Crippen molar-refractivity contribution < 1.29 is 29.0 Å². The first kappa shape index (κ1) is 27.0. The molecule has 0 aliphatic rings. The Morgan fingerprint density at radius 3 is 2.31 bits per heavy atom. The fourth-order valence-corrected chi connectivity index (χ4v) is 2.62. The van der Waals surface area contributed by atoms with Crippen LogP contribution in [-0.2, 0) is 24.2 Å². The third kappa shape index (κ3) is 13.7. The van der Waals surface area contributed by atoms with Gasteiger partial charge >= 0.3 is 6.03 Å². The first-order valence-electron chi connectivity index (χ1n) is 9.95. The Morgan fingerprint density at radius 1 is 1.03 bits per heavy atom. The van der Waals surface area contributed by atoms with Gasteiger partial charge in [-0.15, -0.1) is 0 Å². The van der Waals surface area contributed by atoms with E-state index in [1.807, 2.05) is 13.8 Å². The molecule has 0 bridgehead atoms. The minimum absolute atomic E-state index is 0.00962. The number of nitrogens with one attached hydrogen (secondary N) is 2. The first-order valence-corrected chi connectivity index (χ1v) is 9.95. The lowest BCUT2D eigenvalue weighted by molar-refractivity contribution is -0.272. The molecule has 0 aromatic rings. The molecule has 0 saturated carbocycles. The Morgan fingerprint density at radius 2 is 1.72 bits per heavy atom. The fraction of sp³-hybridized carbons (Fsp3) is 0.789. The summed E-state index contributed by atoms with van der Waals surface area (Å²) in [6, 6.07) is -1.30. The molecule has 0 aromatic carbocycles. The van der Waals surface area contributed by atoms with Gasteiger partial charge in [-0.1, -0.05) is 13.8 Å². The standard InChI is InChI=1S/C19H36N4O6/c1-13(2)17(20)16(25)11-14(7-6-9-22-19(21)27)18(26)23-12-15(24)8-4-5-10-29-28-3/h13-14,17H,4-12,20H2,1-3H3,(H,23,26)(H3,21,22,27). The molecule has 0 aliphatic carbocycles. The SMILES string of the molecule is COOCCCCC(=O)CNC(=O)C(CCCNC(N)=O)CC(=O)C(N)C(C)C. The monoisotopic (exact) mass is 416 g/mol. The lowest BCUT2D eigenvalue weighted by atomic mass is 9.90. The van der Waals surface area contributed by atoms with Gasteiger partial charge in [0.15, 0.2) is 11.6 Å². The molecule has 29 heavy (non-hydrogen) atoms. The summed E-state index contributed by atoms with van der Waals surface area (Å²) in [6.07, 6.45) is 2.44. The lowest BCUT2D eigenvalue weighted by Crippen LogP contribution is -2.41. The Balaban J connectivity index is 4.55. The number of ketones is 2. The second kappa shape index (κ2) is 15.8. The van der Waals surface area contributed by atoms with Gasteiger partial charge in [0.1, 0.15) is 0 Å². The smallest absolute Gasteiger partial charge is 0.312 e. The van der Waals surface area contributed by atoms with Gasteiger partial charge in [0.25, 0.3) is 0 Å². The minimum Gasteiger partial charge on any atom is -0.352 e. The molecule has 2 unspecified atom stereocenters. The molecule has 0 heterocycles. The van der Waals surface area contributed by atoms with Crippen LogP contribution >= 0.6 is 0 Å². The van der Waals surface area contributed by atoms with E-state index in [4.69, 9.17) is 16.4 Å². The number of hydrogen-bond donors (Lipinski definition) is 4. The molecule has 0 aromatic heterocycles. The molecule has 10 nitrogen and oxygen atoms in total. The number of primary amides is 1. The van der Waals surface area contributed by atoms with E-state index < -0.39 is 18.0 Å².